The lowest BCUT2D eigenvalue weighted by atomic mass is 10.2. The summed E-state index contributed by atoms with van der Waals surface area (Å²) < 4.78 is 31.5. The minimum Gasteiger partial charge on any atom is -0.478 e. The van der Waals surface area contributed by atoms with Crippen molar-refractivity contribution in [2.45, 2.75) is 24.3 Å². The first-order valence-corrected chi connectivity index (χ1v) is 7.68. The second-order valence-corrected chi connectivity index (χ2v) is 6.05. The standard InChI is InChI=1S/C12H16N2O5S/c1-2-10-12(16)14-9-7-8(3-4-11(9)19-10)20(17,18)13-5-6-15/h3-4,7,10,13,15H,2,5-6H2,1H3,(H,14,16). The average Bonchev–Trinajstić information content (AvgIpc) is 2.43. The van der Waals surface area contributed by atoms with Gasteiger partial charge in [-0.3, -0.25) is 4.79 Å². The van der Waals surface area contributed by atoms with Crippen LogP contribution in [0.4, 0.5) is 5.69 Å². The smallest absolute Gasteiger partial charge is 0.265 e. The van der Waals surface area contributed by atoms with Gasteiger partial charge in [0.15, 0.2) is 6.10 Å². The highest BCUT2D eigenvalue weighted by Crippen LogP contribution is 2.32. The molecule has 8 heteroatoms. The van der Waals surface area contributed by atoms with E-state index in [4.69, 9.17) is 9.84 Å². The molecule has 1 atom stereocenters. The summed E-state index contributed by atoms with van der Waals surface area (Å²) in [4.78, 5) is 11.7. The molecule has 0 aromatic heterocycles. The number of rotatable bonds is 5. The predicted octanol–water partition coefficient (Wildman–Crippen LogP) is 0.0667. The molecule has 1 aromatic rings. The molecule has 0 aliphatic carbocycles. The van der Waals surface area contributed by atoms with Gasteiger partial charge in [0.05, 0.1) is 17.2 Å². The number of anilines is 1. The molecule has 110 valence electrons. The Kier molecular flexibility index (Phi) is 4.26. The van der Waals surface area contributed by atoms with Crippen LogP contribution in [0.2, 0.25) is 0 Å². The molecular weight excluding hydrogens is 284 g/mol. The number of amides is 1. The van der Waals surface area contributed by atoms with Gasteiger partial charge in [-0.05, 0) is 24.6 Å². The predicted molar refractivity (Wildman–Crippen MR) is 72.1 cm³/mol. The van der Waals surface area contributed by atoms with Crippen molar-refractivity contribution in [3.8, 4) is 5.75 Å². The molecule has 0 saturated carbocycles. The topological polar surface area (TPSA) is 105 Å². The largest absolute Gasteiger partial charge is 0.478 e. The Labute approximate surface area is 117 Å². The normalized spacial score (nSPS) is 18.1. The molecule has 1 amide bonds. The van der Waals surface area contributed by atoms with E-state index in [0.29, 0.717) is 17.9 Å². The van der Waals surface area contributed by atoms with E-state index >= 15 is 0 Å². The number of hydrogen-bond acceptors (Lipinski definition) is 5. The lowest BCUT2D eigenvalue weighted by molar-refractivity contribution is -0.123. The SMILES string of the molecule is CCC1Oc2ccc(S(=O)(=O)NCCO)cc2NC1=O. The Morgan fingerprint density at radius 1 is 1.45 bits per heavy atom. The second kappa shape index (κ2) is 5.78. The van der Waals surface area contributed by atoms with Crippen molar-refractivity contribution in [3.05, 3.63) is 18.2 Å². The molecule has 0 radical (unpaired) electrons. The number of carbonyl (C=O) groups is 1. The quantitative estimate of drug-likeness (QED) is 0.713. The third-order valence-electron chi connectivity index (χ3n) is 2.86. The molecule has 20 heavy (non-hydrogen) atoms. The highest BCUT2D eigenvalue weighted by atomic mass is 32.2. The summed E-state index contributed by atoms with van der Waals surface area (Å²) in [5, 5.41) is 11.3. The van der Waals surface area contributed by atoms with E-state index < -0.39 is 16.1 Å². The number of sulfonamides is 1. The van der Waals surface area contributed by atoms with Gasteiger partial charge >= 0.3 is 0 Å². The summed E-state index contributed by atoms with van der Waals surface area (Å²) in [6, 6.07) is 4.23. The maximum Gasteiger partial charge on any atom is 0.265 e. The number of ether oxygens (including phenoxy) is 1. The van der Waals surface area contributed by atoms with Gasteiger partial charge in [0, 0.05) is 6.54 Å². The minimum absolute atomic E-state index is 0.00329. The number of aliphatic hydroxyl groups excluding tert-OH is 1. The molecule has 1 aliphatic rings. The number of hydrogen-bond donors (Lipinski definition) is 3. The summed E-state index contributed by atoms with van der Waals surface area (Å²) in [6.07, 6.45) is -0.0268. The highest BCUT2D eigenvalue weighted by molar-refractivity contribution is 7.89. The van der Waals surface area contributed by atoms with Gasteiger partial charge in [-0.1, -0.05) is 6.92 Å². The Morgan fingerprint density at radius 3 is 2.85 bits per heavy atom. The van der Waals surface area contributed by atoms with Crippen LogP contribution in [0.25, 0.3) is 0 Å². The lowest BCUT2D eigenvalue weighted by Crippen LogP contribution is -2.36. The molecule has 0 fully saturated rings. The van der Waals surface area contributed by atoms with Crippen molar-refractivity contribution in [3.63, 3.8) is 0 Å². The zero-order valence-electron chi connectivity index (χ0n) is 10.9. The number of carbonyl (C=O) groups excluding carboxylic acids is 1. The van der Waals surface area contributed by atoms with Gasteiger partial charge in [-0.2, -0.15) is 0 Å². The van der Waals surface area contributed by atoms with Crippen molar-refractivity contribution in [1.29, 1.82) is 0 Å². The van der Waals surface area contributed by atoms with Gasteiger partial charge in [0.2, 0.25) is 10.0 Å². The minimum atomic E-state index is -3.71. The van der Waals surface area contributed by atoms with Crippen LogP contribution in [0.1, 0.15) is 13.3 Å². The van der Waals surface area contributed by atoms with E-state index in [1.165, 1.54) is 18.2 Å². The molecule has 7 nitrogen and oxygen atoms in total. The summed E-state index contributed by atoms with van der Waals surface area (Å²) in [5.41, 5.74) is 0.326. The number of nitrogens with one attached hydrogen (secondary N) is 2. The summed E-state index contributed by atoms with van der Waals surface area (Å²) in [6.45, 7) is 1.47. The Bertz CT molecular complexity index is 614. The van der Waals surface area contributed by atoms with Crippen LogP contribution in [-0.2, 0) is 14.8 Å². The monoisotopic (exact) mass is 300 g/mol. The Hall–Kier alpha value is -1.64. The fraction of sp³-hybridized carbons (Fsp3) is 0.417. The number of aliphatic hydroxyl groups is 1. The van der Waals surface area contributed by atoms with Crippen molar-refractivity contribution < 1.29 is 23.1 Å². The van der Waals surface area contributed by atoms with Gasteiger partial charge in [0.25, 0.3) is 5.91 Å². The molecule has 3 N–H and O–H groups in total. The van der Waals surface area contributed by atoms with Crippen LogP contribution >= 0.6 is 0 Å². The van der Waals surface area contributed by atoms with Crippen LogP contribution in [0.3, 0.4) is 0 Å². The Morgan fingerprint density at radius 2 is 2.20 bits per heavy atom. The molecule has 1 aliphatic heterocycles. The molecule has 0 spiro atoms. The molecule has 1 heterocycles. The highest BCUT2D eigenvalue weighted by Gasteiger charge is 2.27. The number of fused-ring (bicyclic) bond motifs is 1. The van der Waals surface area contributed by atoms with E-state index in [-0.39, 0.29) is 24.0 Å². The van der Waals surface area contributed by atoms with Crippen molar-refractivity contribution in [2.24, 2.45) is 0 Å². The lowest BCUT2D eigenvalue weighted by Gasteiger charge is -2.25. The third kappa shape index (κ3) is 2.92. The summed E-state index contributed by atoms with van der Waals surface area (Å²) >= 11 is 0. The Balaban J connectivity index is 2.29. The fourth-order valence-electron chi connectivity index (χ4n) is 1.83. The van der Waals surface area contributed by atoms with Crippen molar-refractivity contribution >= 4 is 21.6 Å². The second-order valence-electron chi connectivity index (χ2n) is 4.28. The molecule has 2 rings (SSSR count). The third-order valence-corrected chi connectivity index (χ3v) is 4.31. The average molecular weight is 300 g/mol. The first-order valence-electron chi connectivity index (χ1n) is 6.20. The van der Waals surface area contributed by atoms with Gasteiger partial charge in [0.1, 0.15) is 5.75 Å². The zero-order valence-corrected chi connectivity index (χ0v) is 11.7. The van der Waals surface area contributed by atoms with E-state index in [2.05, 4.69) is 10.0 Å². The van der Waals surface area contributed by atoms with Gasteiger partial charge < -0.3 is 15.2 Å². The van der Waals surface area contributed by atoms with Crippen molar-refractivity contribution in [1.82, 2.24) is 4.72 Å². The molecule has 0 bridgehead atoms. The van der Waals surface area contributed by atoms with E-state index in [1.54, 1.807) is 0 Å². The van der Waals surface area contributed by atoms with Crippen LogP contribution in [0, 0.1) is 0 Å². The van der Waals surface area contributed by atoms with E-state index in [9.17, 15) is 13.2 Å². The molecule has 1 aromatic carbocycles. The van der Waals surface area contributed by atoms with E-state index in [0.717, 1.165) is 0 Å². The summed E-state index contributed by atoms with van der Waals surface area (Å²) in [5.74, 6) is 0.149. The van der Waals surface area contributed by atoms with E-state index in [1.807, 2.05) is 6.92 Å². The first-order chi connectivity index (χ1) is 9.47. The van der Waals surface area contributed by atoms with Crippen LogP contribution in [-0.4, -0.2) is 38.7 Å². The van der Waals surface area contributed by atoms with Gasteiger partial charge in [-0.15, -0.1) is 0 Å². The molecule has 1 unspecified atom stereocenters. The van der Waals surface area contributed by atoms with Crippen LogP contribution in [0.5, 0.6) is 5.75 Å². The van der Waals surface area contributed by atoms with Gasteiger partial charge in [-0.25, -0.2) is 13.1 Å². The maximum atomic E-state index is 11.9. The van der Waals surface area contributed by atoms with Crippen LogP contribution < -0.4 is 14.8 Å². The first kappa shape index (κ1) is 14.8. The molecular formula is C12H16N2O5S. The maximum absolute atomic E-state index is 11.9. The molecule has 0 saturated heterocycles. The fourth-order valence-corrected chi connectivity index (χ4v) is 2.88. The summed E-state index contributed by atoms with van der Waals surface area (Å²) in [7, 11) is -3.71. The van der Waals surface area contributed by atoms with Crippen molar-refractivity contribution in [2.75, 3.05) is 18.5 Å². The number of benzene rings is 1. The van der Waals surface area contributed by atoms with Crippen LogP contribution in [0.15, 0.2) is 23.1 Å². The zero-order chi connectivity index (χ0) is 14.8.